The lowest BCUT2D eigenvalue weighted by molar-refractivity contribution is -0.150. The van der Waals surface area contributed by atoms with Crippen LogP contribution in [-0.2, 0) is 19.0 Å². The van der Waals surface area contributed by atoms with Crippen LogP contribution in [0.2, 0.25) is 0 Å². The Hall–Kier alpha value is -1.30. The first-order chi connectivity index (χ1) is 9.85. The number of nitrogens with zero attached hydrogens (tertiary/aromatic N) is 1. The lowest BCUT2D eigenvalue weighted by Crippen LogP contribution is -2.44. The maximum atomic E-state index is 12.1. The Kier molecular flexibility index (Phi) is 6.95. The Morgan fingerprint density at radius 3 is 2.52 bits per heavy atom. The summed E-state index contributed by atoms with van der Waals surface area (Å²) in [5.41, 5.74) is -0.567. The molecule has 6 nitrogen and oxygen atoms in total. The van der Waals surface area contributed by atoms with Crippen molar-refractivity contribution in [2.24, 2.45) is 0 Å². The van der Waals surface area contributed by atoms with E-state index in [2.05, 4.69) is 0 Å². The number of rotatable bonds is 6. The van der Waals surface area contributed by atoms with Gasteiger partial charge in [-0.2, -0.15) is 0 Å². The Morgan fingerprint density at radius 2 is 1.90 bits per heavy atom. The number of carbonyl (C=O) groups is 2. The first-order valence-electron chi connectivity index (χ1n) is 7.59. The number of amides is 1. The molecule has 1 saturated heterocycles. The van der Waals surface area contributed by atoms with E-state index in [0.717, 1.165) is 12.8 Å². The SMILES string of the molecule is CCCOCCOC(=O)C1CCCN1C(=O)OC(C)(C)C. The molecule has 0 radical (unpaired) electrons. The van der Waals surface area contributed by atoms with Gasteiger partial charge in [-0.15, -0.1) is 0 Å². The van der Waals surface area contributed by atoms with Crippen molar-refractivity contribution in [3.8, 4) is 0 Å². The van der Waals surface area contributed by atoms with E-state index >= 15 is 0 Å². The van der Waals surface area contributed by atoms with Gasteiger partial charge in [0.15, 0.2) is 0 Å². The minimum absolute atomic E-state index is 0.220. The smallest absolute Gasteiger partial charge is 0.411 e. The highest BCUT2D eigenvalue weighted by atomic mass is 16.6. The summed E-state index contributed by atoms with van der Waals surface area (Å²) < 4.78 is 15.7. The van der Waals surface area contributed by atoms with E-state index < -0.39 is 17.7 Å². The zero-order valence-corrected chi connectivity index (χ0v) is 13.5. The second-order valence-electron chi connectivity index (χ2n) is 6.11. The van der Waals surface area contributed by atoms with Crippen molar-refractivity contribution in [2.75, 3.05) is 26.4 Å². The molecule has 1 rings (SSSR count). The Balaban J connectivity index is 2.41. The Morgan fingerprint density at radius 1 is 1.19 bits per heavy atom. The van der Waals surface area contributed by atoms with Crippen LogP contribution in [0.15, 0.2) is 0 Å². The summed E-state index contributed by atoms with van der Waals surface area (Å²) in [6, 6.07) is -0.536. The summed E-state index contributed by atoms with van der Waals surface area (Å²) in [6.45, 7) is 9.23. The van der Waals surface area contributed by atoms with Gasteiger partial charge in [-0.25, -0.2) is 9.59 Å². The summed E-state index contributed by atoms with van der Waals surface area (Å²) in [5, 5.41) is 0. The Bertz CT molecular complexity index is 350. The molecule has 0 spiro atoms. The van der Waals surface area contributed by atoms with Gasteiger partial charge in [-0.1, -0.05) is 6.92 Å². The summed E-state index contributed by atoms with van der Waals surface area (Å²) in [4.78, 5) is 25.6. The molecule has 0 N–H and O–H groups in total. The van der Waals surface area contributed by atoms with Gasteiger partial charge in [0.25, 0.3) is 0 Å². The molecule has 1 heterocycles. The number of likely N-dealkylation sites (tertiary alicyclic amines) is 1. The van der Waals surface area contributed by atoms with Gasteiger partial charge >= 0.3 is 12.1 Å². The average Bonchev–Trinajstić information content (AvgIpc) is 2.85. The molecular weight excluding hydrogens is 274 g/mol. The number of hydrogen-bond acceptors (Lipinski definition) is 5. The molecule has 0 aromatic carbocycles. The number of hydrogen-bond donors (Lipinski definition) is 0. The normalized spacial score (nSPS) is 18.7. The lowest BCUT2D eigenvalue weighted by atomic mass is 10.2. The second-order valence-corrected chi connectivity index (χ2v) is 6.11. The molecule has 1 fully saturated rings. The van der Waals surface area contributed by atoms with E-state index in [9.17, 15) is 9.59 Å². The van der Waals surface area contributed by atoms with Crippen molar-refractivity contribution in [1.82, 2.24) is 4.90 Å². The highest BCUT2D eigenvalue weighted by Crippen LogP contribution is 2.21. The lowest BCUT2D eigenvalue weighted by Gasteiger charge is -2.27. The predicted octanol–water partition coefficient (Wildman–Crippen LogP) is 2.36. The van der Waals surface area contributed by atoms with Crippen LogP contribution >= 0.6 is 0 Å². The van der Waals surface area contributed by atoms with E-state index in [4.69, 9.17) is 14.2 Å². The van der Waals surface area contributed by atoms with Gasteiger partial charge in [0.2, 0.25) is 0 Å². The molecule has 0 saturated carbocycles. The first kappa shape index (κ1) is 17.8. The number of esters is 1. The van der Waals surface area contributed by atoms with Crippen LogP contribution in [0.1, 0.15) is 47.0 Å². The molecule has 6 heteroatoms. The van der Waals surface area contributed by atoms with E-state index in [1.807, 2.05) is 6.92 Å². The maximum Gasteiger partial charge on any atom is 0.411 e. The molecule has 0 aliphatic carbocycles. The highest BCUT2D eigenvalue weighted by Gasteiger charge is 2.37. The van der Waals surface area contributed by atoms with E-state index in [1.165, 1.54) is 4.90 Å². The van der Waals surface area contributed by atoms with Gasteiger partial charge in [0, 0.05) is 13.2 Å². The van der Waals surface area contributed by atoms with Gasteiger partial charge in [0.1, 0.15) is 18.2 Å². The predicted molar refractivity (Wildman–Crippen MR) is 78.0 cm³/mol. The van der Waals surface area contributed by atoms with Crippen LogP contribution in [0.5, 0.6) is 0 Å². The average molecular weight is 301 g/mol. The summed E-state index contributed by atoms with van der Waals surface area (Å²) in [6.07, 6.45) is 1.88. The fraction of sp³-hybridized carbons (Fsp3) is 0.867. The van der Waals surface area contributed by atoms with Crippen LogP contribution < -0.4 is 0 Å². The van der Waals surface area contributed by atoms with Crippen molar-refractivity contribution in [3.63, 3.8) is 0 Å². The van der Waals surface area contributed by atoms with E-state index in [0.29, 0.717) is 26.2 Å². The first-order valence-corrected chi connectivity index (χ1v) is 7.59. The topological polar surface area (TPSA) is 65.1 Å². The van der Waals surface area contributed by atoms with Crippen molar-refractivity contribution >= 4 is 12.1 Å². The van der Waals surface area contributed by atoms with Crippen molar-refractivity contribution < 1.29 is 23.8 Å². The molecule has 21 heavy (non-hydrogen) atoms. The summed E-state index contributed by atoms with van der Waals surface area (Å²) >= 11 is 0. The molecule has 1 amide bonds. The zero-order chi connectivity index (χ0) is 15.9. The molecule has 122 valence electrons. The van der Waals surface area contributed by atoms with Crippen LogP contribution in [0, 0.1) is 0 Å². The minimum atomic E-state index is -0.567. The van der Waals surface area contributed by atoms with Crippen LogP contribution in [0.25, 0.3) is 0 Å². The zero-order valence-electron chi connectivity index (χ0n) is 13.5. The third-order valence-corrected chi connectivity index (χ3v) is 2.97. The minimum Gasteiger partial charge on any atom is -0.462 e. The monoisotopic (exact) mass is 301 g/mol. The summed E-state index contributed by atoms with van der Waals surface area (Å²) in [5.74, 6) is -0.376. The van der Waals surface area contributed by atoms with Gasteiger partial charge in [0.05, 0.1) is 6.61 Å². The highest BCUT2D eigenvalue weighted by molar-refractivity contribution is 5.82. The van der Waals surface area contributed by atoms with Crippen LogP contribution in [-0.4, -0.2) is 55.0 Å². The summed E-state index contributed by atoms with van der Waals surface area (Å²) in [7, 11) is 0. The molecule has 1 aliphatic heterocycles. The van der Waals surface area contributed by atoms with Gasteiger partial charge in [-0.05, 0) is 40.0 Å². The molecule has 1 aliphatic rings. The van der Waals surface area contributed by atoms with Crippen molar-refractivity contribution in [3.05, 3.63) is 0 Å². The van der Waals surface area contributed by atoms with E-state index in [-0.39, 0.29) is 12.6 Å². The van der Waals surface area contributed by atoms with Crippen LogP contribution in [0.3, 0.4) is 0 Å². The Labute approximate surface area is 126 Å². The molecule has 0 aromatic rings. The molecule has 1 atom stereocenters. The largest absolute Gasteiger partial charge is 0.462 e. The standard InChI is InChI=1S/C15H27NO5/c1-5-9-19-10-11-20-13(17)12-7-6-8-16(12)14(18)21-15(2,3)4/h12H,5-11H2,1-4H3. The van der Waals surface area contributed by atoms with Crippen molar-refractivity contribution in [1.29, 1.82) is 0 Å². The number of ether oxygens (including phenoxy) is 3. The van der Waals surface area contributed by atoms with Gasteiger partial charge < -0.3 is 14.2 Å². The molecule has 0 aromatic heterocycles. The maximum absolute atomic E-state index is 12.1. The molecule has 0 bridgehead atoms. The van der Waals surface area contributed by atoms with Gasteiger partial charge in [-0.3, -0.25) is 4.90 Å². The molecule has 1 unspecified atom stereocenters. The van der Waals surface area contributed by atoms with E-state index in [1.54, 1.807) is 20.8 Å². The third-order valence-electron chi connectivity index (χ3n) is 2.97. The quantitative estimate of drug-likeness (QED) is 0.556. The fourth-order valence-corrected chi connectivity index (χ4v) is 2.09. The number of carbonyl (C=O) groups excluding carboxylic acids is 2. The second kappa shape index (κ2) is 8.22. The molecular formula is C15H27NO5. The van der Waals surface area contributed by atoms with Crippen molar-refractivity contribution in [2.45, 2.75) is 58.6 Å². The third kappa shape index (κ3) is 6.33. The van der Waals surface area contributed by atoms with Crippen LogP contribution in [0.4, 0.5) is 4.79 Å². The fourth-order valence-electron chi connectivity index (χ4n) is 2.09.